The third-order valence-corrected chi connectivity index (χ3v) is 4.39. The number of rotatable bonds is 2. The van der Waals surface area contributed by atoms with Crippen molar-refractivity contribution in [1.29, 1.82) is 0 Å². The minimum atomic E-state index is -0.0857. The van der Waals surface area contributed by atoms with Crippen LogP contribution in [-0.2, 0) is 4.79 Å². The smallest absolute Gasteiger partial charge is 0.225 e. The van der Waals surface area contributed by atoms with Crippen molar-refractivity contribution in [2.24, 2.45) is 17.6 Å². The molecule has 1 saturated heterocycles. The molecule has 92 valence electrons. The fourth-order valence-electron chi connectivity index (χ4n) is 2.86. The maximum atomic E-state index is 12.2. The topological polar surface area (TPSA) is 46.3 Å². The van der Waals surface area contributed by atoms with Gasteiger partial charge >= 0.3 is 0 Å². The average molecular weight is 224 g/mol. The van der Waals surface area contributed by atoms with Crippen LogP contribution in [0.15, 0.2) is 0 Å². The maximum Gasteiger partial charge on any atom is 0.225 e. The van der Waals surface area contributed by atoms with Crippen molar-refractivity contribution in [2.75, 3.05) is 13.1 Å². The summed E-state index contributed by atoms with van der Waals surface area (Å²) in [6, 6.07) is 0. The van der Waals surface area contributed by atoms with Crippen LogP contribution in [0.2, 0.25) is 0 Å². The Balaban J connectivity index is 1.81. The first-order chi connectivity index (χ1) is 7.54. The van der Waals surface area contributed by atoms with Gasteiger partial charge in [0.05, 0.1) is 5.54 Å². The molecule has 1 aliphatic carbocycles. The first-order valence-corrected chi connectivity index (χ1v) is 6.62. The van der Waals surface area contributed by atoms with Crippen LogP contribution in [0, 0.1) is 11.8 Å². The molecule has 16 heavy (non-hydrogen) atoms. The monoisotopic (exact) mass is 224 g/mol. The Labute approximate surface area is 98.4 Å². The van der Waals surface area contributed by atoms with Gasteiger partial charge in [-0.25, -0.2) is 0 Å². The Morgan fingerprint density at radius 3 is 2.38 bits per heavy atom. The zero-order valence-electron chi connectivity index (χ0n) is 10.5. The van der Waals surface area contributed by atoms with E-state index in [2.05, 4.69) is 13.8 Å². The number of carbonyl (C=O) groups is 1. The van der Waals surface area contributed by atoms with E-state index in [4.69, 9.17) is 5.73 Å². The molecule has 0 aromatic rings. The van der Waals surface area contributed by atoms with Gasteiger partial charge < -0.3 is 10.6 Å². The van der Waals surface area contributed by atoms with Gasteiger partial charge in [-0.05, 0) is 38.0 Å². The Bertz CT molecular complexity index is 263. The molecule has 2 fully saturated rings. The molecule has 0 aromatic heterocycles. The van der Waals surface area contributed by atoms with Crippen LogP contribution in [0.5, 0.6) is 0 Å². The number of likely N-dealkylation sites (tertiary alicyclic amines) is 1. The molecule has 0 aromatic carbocycles. The summed E-state index contributed by atoms with van der Waals surface area (Å²) >= 11 is 0. The van der Waals surface area contributed by atoms with Gasteiger partial charge in [0.1, 0.15) is 0 Å². The number of hydrogen-bond donors (Lipinski definition) is 1. The molecule has 0 atom stereocenters. The average Bonchev–Trinajstić information content (AvgIpc) is 2.25. The van der Waals surface area contributed by atoms with E-state index in [9.17, 15) is 4.79 Å². The Hall–Kier alpha value is -0.570. The lowest BCUT2D eigenvalue weighted by molar-refractivity contribution is -0.144. The van der Waals surface area contributed by atoms with Gasteiger partial charge in [-0.3, -0.25) is 4.79 Å². The van der Waals surface area contributed by atoms with Crippen molar-refractivity contribution in [3.05, 3.63) is 0 Å². The van der Waals surface area contributed by atoms with Crippen molar-refractivity contribution in [3.63, 3.8) is 0 Å². The molecule has 1 heterocycles. The van der Waals surface area contributed by atoms with Crippen LogP contribution in [0.3, 0.4) is 0 Å². The third-order valence-electron chi connectivity index (χ3n) is 4.39. The molecule has 0 bridgehead atoms. The second-order valence-corrected chi connectivity index (χ2v) is 5.87. The van der Waals surface area contributed by atoms with E-state index in [1.807, 2.05) is 4.90 Å². The molecule has 1 saturated carbocycles. The SMILES string of the molecule is CCC1(N)CN(C(=O)C2CCC(C)CC2)C1. The number of nitrogens with two attached hydrogens (primary N) is 1. The molecule has 0 radical (unpaired) electrons. The summed E-state index contributed by atoms with van der Waals surface area (Å²) in [5.74, 6) is 1.46. The Morgan fingerprint density at radius 2 is 1.88 bits per heavy atom. The molecule has 1 amide bonds. The van der Waals surface area contributed by atoms with Gasteiger partial charge in [0, 0.05) is 19.0 Å². The molecule has 3 nitrogen and oxygen atoms in total. The number of amides is 1. The molecular weight excluding hydrogens is 200 g/mol. The van der Waals surface area contributed by atoms with E-state index in [-0.39, 0.29) is 11.5 Å². The standard InChI is InChI=1S/C13H24N2O/c1-3-13(14)8-15(9-13)12(16)11-6-4-10(2)5-7-11/h10-11H,3-9,14H2,1-2H3. The third kappa shape index (κ3) is 2.24. The summed E-state index contributed by atoms with van der Waals surface area (Å²) in [6.07, 6.45) is 5.57. The van der Waals surface area contributed by atoms with E-state index in [0.717, 1.165) is 38.3 Å². The van der Waals surface area contributed by atoms with Crippen LogP contribution in [0.25, 0.3) is 0 Å². The summed E-state index contributed by atoms with van der Waals surface area (Å²) < 4.78 is 0. The van der Waals surface area contributed by atoms with Crippen molar-refractivity contribution in [3.8, 4) is 0 Å². The number of nitrogens with zero attached hydrogens (tertiary/aromatic N) is 1. The lowest BCUT2D eigenvalue weighted by atomic mass is 9.80. The fraction of sp³-hybridized carbons (Fsp3) is 0.923. The summed E-state index contributed by atoms with van der Waals surface area (Å²) in [5, 5.41) is 0. The van der Waals surface area contributed by atoms with E-state index in [1.165, 1.54) is 12.8 Å². The largest absolute Gasteiger partial charge is 0.339 e. The molecule has 0 spiro atoms. The highest BCUT2D eigenvalue weighted by atomic mass is 16.2. The second-order valence-electron chi connectivity index (χ2n) is 5.87. The van der Waals surface area contributed by atoms with Gasteiger partial charge in [0.15, 0.2) is 0 Å². The van der Waals surface area contributed by atoms with Crippen LogP contribution >= 0.6 is 0 Å². The van der Waals surface area contributed by atoms with Gasteiger partial charge in [-0.2, -0.15) is 0 Å². The number of hydrogen-bond acceptors (Lipinski definition) is 2. The van der Waals surface area contributed by atoms with Crippen LogP contribution in [0.1, 0.15) is 46.0 Å². The molecule has 2 rings (SSSR count). The van der Waals surface area contributed by atoms with E-state index >= 15 is 0 Å². The highest BCUT2D eigenvalue weighted by Crippen LogP contribution is 2.32. The predicted octanol–water partition coefficient (Wildman–Crippen LogP) is 1.76. The normalized spacial score (nSPS) is 33.3. The number of carbonyl (C=O) groups excluding carboxylic acids is 1. The van der Waals surface area contributed by atoms with Crippen molar-refractivity contribution in [2.45, 2.75) is 51.5 Å². The molecule has 2 aliphatic rings. The van der Waals surface area contributed by atoms with E-state index < -0.39 is 0 Å². The molecule has 1 aliphatic heterocycles. The Morgan fingerprint density at radius 1 is 1.31 bits per heavy atom. The highest BCUT2D eigenvalue weighted by Gasteiger charge is 2.42. The summed E-state index contributed by atoms with van der Waals surface area (Å²) in [7, 11) is 0. The molecule has 0 unspecified atom stereocenters. The molecule has 3 heteroatoms. The molecule has 2 N–H and O–H groups in total. The highest BCUT2D eigenvalue weighted by molar-refractivity contribution is 5.80. The van der Waals surface area contributed by atoms with Crippen LogP contribution in [0.4, 0.5) is 0 Å². The van der Waals surface area contributed by atoms with E-state index in [1.54, 1.807) is 0 Å². The van der Waals surface area contributed by atoms with Gasteiger partial charge in [-0.1, -0.05) is 13.8 Å². The first kappa shape index (κ1) is 11.9. The molecular formula is C13H24N2O. The van der Waals surface area contributed by atoms with Crippen molar-refractivity contribution in [1.82, 2.24) is 4.90 Å². The lowest BCUT2D eigenvalue weighted by Crippen LogP contribution is -2.69. The predicted molar refractivity (Wildman–Crippen MR) is 64.9 cm³/mol. The Kier molecular flexibility index (Phi) is 3.24. The van der Waals surface area contributed by atoms with Crippen molar-refractivity contribution >= 4 is 5.91 Å². The van der Waals surface area contributed by atoms with E-state index in [0.29, 0.717) is 5.91 Å². The summed E-state index contributed by atoms with van der Waals surface area (Å²) in [4.78, 5) is 14.1. The summed E-state index contributed by atoms with van der Waals surface area (Å²) in [5.41, 5.74) is 6.00. The second kappa shape index (κ2) is 4.36. The van der Waals surface area contributed by atoms with Crippen molar-refractivity contribution < 1.29 is 4.79 Å². The fourth-order valence-corrected chi connectivity index (χ4v) is 2.86. The lowest BCUT2D eigenvalue weighted by Gasteiger charge is -2.48. The van der Waals surface area contributed by atoms with Gasteiger partial charge in [0.25, 0.3) is 0 Å². The zero-order valence-corrected chi connectivity index (χ0v) is 10.5. The first-order valence-electron chi connectivity index (χ1n) is 6.62. The zero-order chi connectivity index (χ0) is 11.8. The van der Waals surface area contributed by atoms with Crippen LogP contribution < -0.4 is 5.73 Å². The minimum Gasteiger partial charge on any atom is -0.339 e. The quantitative estimate of drug-likeness (QED) is 0.777. The van der Waals surface area contributed by atoms with Crippen LogP contribution in [-0.4, -0.2) is 29.4 Å². The summed E-state index contributed by atoms with van der Waals surface area (Å²) in [6.45, 7) is 5.93. The van der Waals surface area contributed by atoms with Gasteiger partial charge in [-0.15, -0.1) is 0 Å². The maximum absolute atomic E-state index is 12.2. The minimum absolute atomic E-state index is 0.0857. The van der Waals surface area contributed by atoms with Gasteiger partial charge in [0.2, 0.25) is 5.91 Å².